The van der Waals surface area contributed by atoms with Gasteiger partial charge in [-0.25, -0.2) is 9.59 Å². The topological polar surface area (TPSA) is 305 Å². The SMILES string of the molecule is CN[C@H](C(=O)N[C@H](C(=O)N(C)[C@H](/C=C(\C)C(=O)O)C(C)C)C(C)(C)C)C(C)(C)c1cccc(CC(=O)OCc2ccc(CC(=O)[C@H](CCCNC(N)=O)NC(=O)[C@@H](CC(=O)CCC(=O)N3Cc4ccccc4-c4n[nH]nc4-c4ccccc43)C(C)C)cc2)c1. The van der Waals surface area contributed by atoms with E-state index < -0.39 is 70.7 Å². The Kier molecular flexibility index (Phi) is 24.0. The fourth-order valence-electron chi connectivity index (χ4n) is 11.2. The summed E-state index contributed by atoms with van der Waals surface area (Å²) in [7, 11) is 3.27. The number of H-pyrrole nitrogens is 1. The van der Waals surface area contributed by atoms with Crippen LogP contribution in [-0.2, 0) is 74.5 Å². The fourth-order valence-corrected chi connectivity index (χ4v) is 11.2. The number of nitrogens with one attached hydrogen (secondary N) is 5. The summed E-state index contributed by atoms with van der Waals surface area (Å²) in [5, 5.41) is 32.7. The van der Waals surface area contributed by atoms with Gasteiger partial charge in [0.25, 0.3) is 0 Å². The van der Waals surface area contributed by atoms with E-state index in [1.165, 1.54) is 11.8 Å². The number of aromatic amines is 1. The first-order valence-corrected chi connectivity index (χ1v) is 30.3. The number of carbonyl (C=O) groups excluding carboxylic acids is 8. The summed E-state index contributed by atoms with van der Waals surface area (Å²) in [4.78, 5) is 124. The van der Waals surface area contributed by atoms with E-state index in [0.29, 0.717) is 45.7 Å². The first kappa shape index (κ1) is 69.3. The Bertz CT molecular complexity index is 3400. The summed E-state index contributed by atoms with van der Waals surface area (Å²) in [5.41, 5.74) is 10.8. The van der Waals surface area contributed by atoms with Gasteiger partial charge in [0.1, 0.15) is 29.8 Å². The number of carbonyl (C=O) groups is 9. The van der Waals surface area contributed by atoms with Crippen molar-refractivity contribution in [1.29, 1.82) is 0 Å². The quantitative estimate of drug-likeness (QED) is 0.0136. The maximum absolute atomic E-state index is 14.3. The molecule has 21 nitrogen and oxygen atoms in total. The lowest BCUT2D eigenvalue weighted by Crippen LogP contribution is -2.61. The number of hydrogen-bond donors (Lipinski definition) is 7. The van der Waals surface area contributed by atoms with E-state index in [9.17, 15) is 48.3 Å². The van der Waals surface area contributed by atoms with Crippen molar-refractivity contribution < 1.29 is 53.0 Å². The van der Waals surface area contributed by atoms with Crippen LogP contribution in [0.3, 0.4) is 0 Å². The van der Waals surface area contributed by atoms with Gasteiger partial charge in [-0.2, -0.15) is 15.4 Å². The van der Waals surface area contributed by atoms with Crippen LogP contribution in [0, 0.1) is 23.2 Å². The number of rotatable bonds is 29. The number of urea groups is 1. The number of ether oxygens (including phenoxy) is 1. The number of fused-ring (bicyclic) bond motifs is 5. The van der Waals surface area contributed by atoms with Gasteiger partial charge in [0.15, 0.2) is 5.78 Å². The molecule has 0 aliphatic carbocycles. The van der Waals surface area contributed by atoms with Gasteiger partial charge >= 0.3 is 18.0 Å². The summed E-state index contributed by atoms with van der Waals surface area (Å²) >= 11 is 0. The highest BCUT2D eigenvalue weighted by Crippen LogP contribution is 2.40. The van der Waals surface area contributed by atoms with Gasteiger partial charge in [-0.1, -0.05) is 159 Å². The van der Waals surface area contributed by atoms with Crippen LogP contribution >= 0.6 is 0 Å². The Balaban J connectivity index is 1.04. The minimum atomic E-state index is -1.08. The molecule has 5 aromatic rings. The van der Waals surface area contributed by atoms with Crippen LogP contribution in [0.25, 0.3) is 22.5 Å². The molecule has 1 aliphatic heterocycles. The molecule has 476 valence electrons. The van der Waals surface area contributed by atoms with E-state index in [-0.39, 0.29) is 99.0 Å². The van der Waals surface area contributed by atoms with Gasteiger partial charge in [0.2, 0.25) is 23.6 Å². The van der Waals surface area contributed by atoms with Crippen LogP contribution < -0.4 is 31.9 Å². The molecule has 0 radical (unpaired) electrons. The smallest absolute Gasteiger partial charge is 0.331 e. The first-order chi connectivity index (χ1) is 42.0. The van der Waals surface area contributed by atoms with Gasteiger partial charge in [-0.3, -0.25) is 33.6 Å². The predicted octanol–water partition coefficient (Wildman–Crippen LogP) is 7.94. The lowest BCUT2D eigenvalue weighted by atomic mass is 9.76. The molecule has 1 aliphatic rings. The molecule has 0 spiro atoms. The number of primary amides is 1. The number of likely N-dealkylation sites (N-methyl/N-ethyl adjacent to an activating group) is 2. The number of ketones is 2. The molecular weight excluding hydrogens is 1130 g/mol. The second kappa shape index (κ2) is 30.9. The van der Waals surface area contributed by atoms with Crippen molar-refractivity contribution in [2.45, 2.75) is 157 Å². The van der Waals surface area contributed by atoms with Crippen molar-refractivity contribution in [2.75, 3.05) is 25.5 Å². The molecule has 0 fully saturated rings. The molecule has 2 heterocycles. The van der Waals surface area contributed by atoms with E-state index in [1.807, 2.05) is 123 Å². The molecular formula is C68H88N10O11. The number of Topliss-reactive ketones (excluding diaryl/α,β-unsaturated/α-hetero) is 2. The number of esters is 1. The number of nitrogens with zero attached hydrogens (tertiary/aromatic N) is 4. The lowest BCUT2D eigenvalue weighted by molar-refractivity contribution is -0.144. The summed E-state index contributed by atoms with van der Waals surface area (Å²) in [6.45, 7) is 18.6. The minimum Gasteiger partial charge on any atom is -0.478 e. The predicted molar refractivity (Wildman–Crippen MR) is 340 cm³/mol. The highest BCUT2D eigenvalue weighted by molar-refractivity contribution is 6.02. The van der Waals surface area contributed by atoms with Crippen molar-refractivity contribution in [3.63, 3.8) is 0 Å². The van der Waals surface area contributed by atoms with Crippen LogP contribution in [0.5, 0.6) is 0 Å². The van der Waals surface area contributed by atoms with E-state index in [0.717, 1.165) is 16.7 Å². The summed E-state index contributed by atoms with van der Waals surface area (Å²) in [5.74, 6) is -4.96. The molecule has 21 heteroatoms. The second-order valence-electron chi connectivity index (χ2n) is 25.3. The average molecular weight is 1220 g/mol. The number of aromatic nitrogens is 3. The van der Waals surface area contributed by atoms with Gasteiger partial charge < -0.3 is 46.6 Å². The number of benzene rings is 4. The minimum absolute atomic E-state index is 0.0587. The van der Waals surface area contributed by atoms with Crippen molar-refractivity contribution in [1.82, 2.24) is 41.6 Å². The van der Waals surface area contributed by atoms with E-state index in [4.69, 9.17) is 10.5 Å². The number of para-hydroxylation sites is 1. The summed E-state index contributed by atoms with van der Waals surface area (Å²) in [6, 6.07) is 25.3. The van der Waals surface area contributed by atoms with Crippen LogP contribution in [0.1, 0.15) is 129 Å². The monoisotopic (exact) mass is 1220 g/mol. The second-order valence-corrected chi connectivity index (χ2v) is 25.3. The number of carboxylic acids is 1. The molecule has 8 N–H and O–H groups in total. The van der Waals surface area contributed by atoms with Crippen LogP contribution in [0.15, 0.2) is 109 Å². The Morgan fingerprint density at radius 3 is 2.03 bits per heavy atom. The molecule has 0 saturated heterocycles. The summed E-state index contributed by atoms with van der Waals surface area (Å²) in [6.07, 6.45) is 1.53. The molecule has 6 rings (SSSR count). The zero-order valence-electron chi connectivity index (χ0n) is 53.3. The number of hydrogen-bond acceptors (Lipinski definition) is 13. The Labute approximate surface area is 521 Å². The standard InChI is InChI=1S/C68H88N10O11/c1-40(2)51(37-48(79)30-31-56(81)78-38-46-20-13-14-22-49(46)58-59(75-76-74-58)50-23-15-16-25-53(50)78)62(83)72-52(24-18-32-71-66(69)88)55(80)35-43-26-28-44(29-27-43)39-89-57(82)36-45-19-17-21-47(34-45)68(9,10)60(70-11)63(84)73-61(67(6,7)8)64(85)77(12)54(41(3)4)33-42(5)65(86)87/h13-17,19-23,25-29,33-34,40-41,51-52,54,60-61,70H,18,24,30-32,35-39H2,1-12H3,(H,72,83)(H,73,84)(H,86,87)(H3,69,71,88)(H,74,75,76)/b42-33+/t51-,52-,54+,60+,61+/m0/s1. The van der Waals surface area contributed by atoms with Crippen LogP contribution in [-0.4, -0.2) is 123 Å². The molecule has 0 unspecified atom stereocenters. The third-order valence-electron chi connectivity index (χ3n) is 16.5. The fraction of sp³-hybridized carbons (Fsp3) is 0.456. The molecule has 6 amide bonds. The zero-order chi connectivity index (χ0) is 65.5. The van der Waals surface area contributed by atoms with Crippen molar-refractivity contribution in [2.24, 2.45) is 28.9 Å². The third-order valence-corrected chi connectivity index (χ3v) is 16.5. The lowest BCUT2D eigenvalue weighted by Gasteiger charge is -2.40. The molecule has 1 aromatic heterocycles. The molecule has 4 aromatic carbocycles. The molecule has 5 atom stereocenters. The maximum atomic E-state index is 14.3. The first-order valence-electron chi connectivity index (χ1n) is 30.3. The Morgan fingerprint density at radius 2 is 1.40 bits per heavy atom. The zero-order valence-corrected chi connectivity index (χ0v) is 53.3. The number of amides is 6. The highest BCUT2D eigenvalue weighted by atomic mass is 16.5. The largest absolute Gasteiger partial charge is 0.478 e. The van der Waals surface area contributed by atoms with Crippen molar-refractivity contribution in [3.8, 4) is 22.5 Å². The summed E-state index contributed by atoms with van der Waals surface area (Å²) < 4.78 is 5.70. The van der Waals surface area contributed by atoms with Gasteiger partial charge in [0, 0.05) is 67.3 Å². The number of carboxylic acid groups (broad SMARTS) is 1. The Morgan fingerprint density at radius 1 is 0.764 bits per heavy atom. The van der Waals surface area contributed by atoms with Crippen LogP contribution in [0.2, 0.25) is 0 Å². The maximum Gasteiger partial charge on any atom is 0.331 e. The normalized spacial score (nSPS) is 14.1. The Hall–Kier alpha value is -8.85. The van der Waals surface area contributed by atoms with Gasteiger partial charge in [-0.05, 0) is 77.9 Å². The average Bonchev–Trinajstić information content (AvgIpc) is 1.84. The highest BCUT2D eigenvalue weighted by Gasteiger charge is 2.42. The van der Waals surface area contributed by atoms with E-state index >= 15 is 0 Å². The number of anilines is 1. The number of aliphatic carboxylic acids is 1. The molecule has 0 bridgehead atoms. The van der Waals surface area contributed by atoms with Crippen LogP contribution in [0.4, 0.5) is 10.5 Å². The number of nitrogens with two attached hydrogens (primary N) is 1. The van der Waals surface area contributed by atoms with E-state index in [2.05, 4.69) is 36.7 Å². The van der Waals surface area contributed by atoms with Crippen molar-refractivity contribution in [3.05, 3.63) is 137 Å². The van der Waals surface area contributed by atoms with Gasteiger partial charge in [0.05, 0.1) is 36.8 Å². The third kappa shape index (κ3) is 18.4. The molecule has 89 heavy (non-hydrogen) atoms. The van der Waals surface area contributed by atoms with E-state index in [1.54, 1.807) is 61.5 Å². The van der Waals surface area contributed by atoms with Crippen molar-refractivity contribution >= 4 is 58.9 Å². The molecule has 0 saturated carbocycles. The van der Waals surface area contributed by atoms with Gasteiger partial charge in [-0.15, -0.1) is 0 Å².